The third kappa shape index (κ3) is 1.33. The lowest BCUT2D eigenvalue weighted by molar-refractivity contribution is -0.249. The Balaban J connectivity index is 1.89. The molecule has 106 valence electrons. The molecule has 5 atom stereocenters. The molecule has 3 heteroatoms. The van der Waals surface area contributed by atoms with Crippen molar-refractivity contribution in [2.24, 2.45) is 17.8 Å². The Labute approximate surface area is 115 Å². The van der Waals surface area contributed by atoms with Gasteiger partial charge in [0.25, 0.3) is 0 Å². The summed E-state index contributed by atoms with van der Waals surface area (Å²) in [4.78, 5) is 15.1. The maximum absolute atomic E-state index is 12.6. The number of hydrogen-bond acceptors (Lipinski definition) is 3. The second-order valence-electron chi connectivity index (χ2n) is 7.55. The normalized spacial score (nSPS) is 53.8. The van der Waals surface area contributed by atoms with Crippen LogP contribution in [0.5, 0.6) is 0 Å². The second kappa shape index (κ2) is 3.82. The first-order valence-electron chi connectivity index (χ1n) is 8.08. The van der Waals surface area contributed by atoms with Gasteiger partial charge in [0.05, 0.1) is 11.1 Å². The van der Waals surface area contributed by atoms with Gasteiger partial charge in [0.2, 0.25) is 0 Å². The minimum absolute atomic E-state index is 0.116. The van der Waals surface area contributed by atoms with E-state index in [4.69, 9.17) is 0 Å². The number of piperidine rings is 2. The van der Waals surface area contributed by atoms with E-state index in [0.29, 0.717) is 18.1 Å². The lowest BCUT2D eigenvalue weighted by Crippen LogP contribution is -2.79. The van der Waals surface area contributed by atoms with Crippen molar-refractivity contribution in [2.45, 2.75) is 63.0 Å². The maximum atomic E-state index is 12.6. The zero-order chi connectivity index (χ0) is 13.3. The van der Waals surface area contributed by atoms with E-state index >= 15 is 0 Å². The summed E-state index contributed by atoms with van der Waals surface area (Å²) in [6, 6.07) is 0. The molecule has 2 heterocycles. The standard InChI is InChI=1S/C16H25NO2/c1-11-8-12-9-14(18)13-4-2-6-17-7-3-5-16(12,19)15(13,17)10-11/h11-13,19H,2-10H2,1H3/t11-,12?,13?,15?,16+/m1/s1. The summed E-state index contributed by atoms with van der Waals surface area (Å²) in [6.45, 7) is 4.49. The molecule has 2 saturated carbocycles. The van der Waals surface area contributed by atoms with Crippen LogP contribution in [0.4, 0.5) is 0 Å². The van der Waals surface area contributed by atoms with Crippen LogP contribution in [-0.4, -0.2) is 40.0 Å². The van der Waals surface area contributed by atoms with E-state index in [2.05, 4.69) is 11.8 Å². The molecule has 0 aromatic heterocycles. The number of carbonyl (C=O) groups is 1. The van der Waals surface area contributed by atoms with Crippen LogP contribution in [0.1, 0.15) is 51.9 Å². The van der Waals surface area contributed by atoms with Crippen molar-refractivity contribution < 1.29 is 9.90 Å². The lowest BCUT2D eigenvalue weighted by Gasteiger charge is -2.69. The molecule has 4 fully saturated rings. The molecule has 2 saturated heterocycles. The van der Waals surface area contributed by atoms with Crippen LogP contribution in [0.25, 0.3) is 0 Å². The fourth-order valence-electron chi connectivity index (χ4n) is 6.15. The topological polar surface area (TPSA) is 40.5 Å². The number of rotatable bonds is 0. The largest absolute Gasteiger partial charge is 0.388 e. The minimum atomic E-state index is -0.573. The summed E-state index contributed by atoms with van der Waals surface area (Å²) >= 11 is 0. The Hall–Kier alpha value is -0.410. The van der Waals surface area contributed by atoms with Gasteiger partial charge in [0.1, 0.15) is 5.78 Å². The molecule has 0 amide bonds. The van der Waals surface area contributed by atoms with Crippen LogP contribution in [0.15, 0.2) is 0 Å². The van der Waals surface area contributed by atoms with E-state index in [0.717, 1.165) is 51.6 Å². The number of carbonyl (C=O) groups excluding carboxylic acids is 1. The van der Waals surface area contributed by atoms with Crippen molar-refractivity contribution in [1.82, 2.24) is 4.90 Å². The summed E-state index contributed by atoms with van der Waals surface area (Å²) in [5, 5.41) is 11.5. The van der Waals surface area contributed by atoms with Crippen LogP contribution in [-0.2, 0) is 4.79 Å². The van der Waals surface area contributed by atoms with Gasteiger partial charge in [-0.3, -0.25) is 9.69 Å². The van der Waals surface area contributed by atoms with Gasteiger partial charge < -0.3 is 5.11 Å². The minimum Gasteiger partial charge on any atom is -0.388 e. The predicted molar refractivity (Wildman–Crippen MR) is 72.7 cm³/mol. The molecule has 0 aromatic rings. The van der Waals surface area contributed by atoms with E-state index in [1.165, 1.54) is 0 Å². The van der Waals surface area contributed by atoms with Gasteiger partial charge in [-0.05, 0) is 63.5 Å². The van der Waals surface area contributed by atoms with Crippen LogP contribution in [0.2, 0.25) is 0 Å². The molecule has 0 radical (unpaired) electrons. The molecule has 2 aliphatic heterocycles. The van der Waals surface area contributed by atoms with Crippen molar-refractivity contribution in [2.75, 3.05) is 13.1 Å². The summed E-state index contributed by atoms with van der Waals surface area (Å²) in [5.74, 6) is 1.44. The van der Waals surface area contributed by atoms with Gasteiger partial charge in [0, 0.05) is 12.3 Å². The third-order valence-corrected chi connectivity index (χ3v) is 6.66. The van der Waals surface area contributed by atoms with Crippen LogP contribution in [0, 0.1) is 17.8 Å². The molecule has 2 aliphatic carbocycles. The third-order valence-electron chi connectivity index (χ3n) is 6.66. The maximum Gasteiger partial charge on any atom is 0.138 e. The first-order chi connectivity index (χ1) is 9.08. The SMILES string of the molecule is C[C@@H]1CC2CC(=O)C3CCCN4CCC[C@@]2(O)C34C1. The summed E-state index contributed by atoms with van der Waals surface area (Å²) in [5.41, 5.74) is -0.766. The van der Waals surface area contributed by atoms with E-state index in [1.807, 2.05) is 0 Å². The Morgan fingerprint density at radius 3 is 2.95 bits per heavy atom. The average molecular weight is 263 g/mol. The second-order valence-corrected chi connectivity index (χ2v) is 7.55. The van der Waals surface area contributed by atoms with Crippen LogP contribution in [0.3, 0.4) is 0 Å². The Morgan fingerprint density at radius 1 is 1.32 bits per heavy atom. The van der Waals surface area contributed by atoms with Crippen molar-refractivity contribution in [3.05, 3.63) is 0 Å². The average Bonchev–Trinajstić information content (AvgIpc) is 2.35. The molecule has 0 aromatic carbocycles. The molecular weight excluding hydrogens is 238 g/mol. The molecule has 4 rings (SSSR count). The van der Waals surface area contributed by atoms with Crippen molar-refractivity contribution >= 4 is 5.78 Å². The molecule has 3 unspecified atom stereocenters. The van der Waals surface area contributed by atoms with Crippen molar-refractivity contribution in [3.8, 4) is 0 Å². The highest BCUT2D eigenvalue weighted by atomic mass is 16.3. The highest BCUT2D eigenvalue weighted by Crippen LogP contribution is 2.61. The molecule has 2 bridgehead atoms. The van der Waals surface area contributed by atoms with E-state index in [-0.39, 0.29) is 17.4 Å². The number of Topliss-reactive ketones (excluding diaryl/α,β-unsaturated/α-hetero) is 1. The lowest BCUT2D eigenvalue weighted by atomic mass is 9.46. The first kappa shape index (κ1) is 12.3. The Morgan fingerprint density at radius 2 is 2.11 bits per heavy atom. The van der Waals surface area contributed by atoms with E-state index < -0.39 is 5.60 Å². The highest BCUT2D eigenvalue weighted by molar-refractivity contribution is 5.85. The quantitative estimate of drug-likeness (QED) is 0.726. The van der Waals surface area contributed by atoms with E-state index in [1.54, 1.807) is 0 Å². The molecule has 1 spiro atoms. The van der Waals surface area contributed by atoms with Gasteiger partial charge in [-0.25, -0.2) is 0 Å². The number of ketones is 1. The summed E-state index contributed by atoms with van der Waals surface area (Å²) < 4.78 is 0. The number of hydrogen-bond donors (Lipinski definition) is 1. The molecular formula is C16H25NO2. The van der Waals surface area contributed by atoms with Gasteiger partial charge in [0.15, 0.2) is 0 Å². The van der Waals surface area contributed by atoms with Gasteiger partial charge in [-0.2, -0.15) is 0 Å². The van der Waals surface area contributed by atoms with Crippen LogP contribution < -0.4 is 0 Å². The monoisotopic (exact) mass is 263 g/mol. The van der Waals surface area contributed by atoms with Gasteiger partial charge in [-0.15, -0.1) is 0 Å². The zero-order valence-corrected chi connectivity index (χ0v) is 11.9. The van der Waals surface area contributed by atoms with Crippen LogP contribution >= 0.6 is 0 Å². The smallest absolute Gasteiger partial charge is 0.138 e. The molecule has 4 aliphatic rings. The van der Waals surface area contributed by atoms with E-state index in [9.17, 15) is 9.90 Å². The molecule has 1 N–H and O–H groups in total. The van der Waals surface area contributed by atoms with Crippen molar-refractivity contribution in [1.29, 1.82) is 0 Å². The number of nitrogens with zero attached hydrogens (tertiary/aromatic N) is 1. The fourth-order valence-corrected chi connectivity index (χ4v) is 6.15. The summed E-state index contributed by atoms with van der Waals surface area (Å²) in [6.07, 6.45) is 6.89. The Bertz CT molecular complexity index is 421. The first-order valence-corrected chi connectivity index (χ1v) is 8.08. The highest BCUT2D eigenvalue weighted by Gasteiger charge is 2.69. The Kier molecular flexibility index (Phi) is 2.48. The fraction of sp³-hybridized carbons (Fsp3) is 0.938. The predicted octanol–water partition coefficient (Wildman–Crippen LogP) is 1.98. The van der Waals surface area contributed by atoms with Gasteiger partial charge >= 0.3 is 0 Å². The zero-order valence-electron chi connectivity index (χ0n) is 11.9. The van der Waals surface area contributed by atoms with Gasteiger partial charge in [-0.1, -0.05) is 6.92 Å². The number of aliphatic hydroxyl groups is 1. The van der Waals surface area contributed by atoms with Crippen molar-refractivity contribution in [3.63, 3.8) is 0 Å². The summed E-state index contributed by atoms with van der Waals surface area (Å²) in [7, 11) is 0. The molecule has 19 heavy (non-hydrogen) atoms. The molecule has 3 nitrogen and oxygen atoms in total.